The molecule has 7 nitrogen and oxygen atoms in total. The molecule has 1 atom stereocenters. The van der Waals surface area contributed by atoms with Crippen molar-refractivity contribution in [3.63, 3.8) is 0 Å². The van der Waals surface area contributed by atoms with E-state index in [0.29, 0.717) is 37.1 Å². The molecule has 0 saturated carbocycles. The summed E-state index contributed by atoms with van der Waals surface area (Å²) in [6.07, 6.45) is 3.54. The maximum Gasteiger partial charge on any atom is 0.317 e. The molecular weight excluding hydrogens is 400 g/mol. The second-order valence-electron chi connectivity index (χ2n) is 7.51. The van der Waals surface area contributed by atoms with Gasteiger partial charge in [-0.3, -0.25) is 0 Å². The Hall–Kier alpha value is -2.87. The van der Waals surface area contributed by atoms with Crippen LogP contribution >= 0.6 is 11.3 Å². The van der Waals surface area contributed by atoms with Crippen molar-refractivity contribution in [1.82, 2.24) is 20.4 Å². The van der Waals surface area contributed by atoms with Crippen LogP contribution in [0.5, 0.6) is 5.75 Å². The Kier molecular flexibility index (Phi) is 6.63. The average molecular weight is 427 g/mol. The van der Waals surface area contributed by atoms with Crippen molar-refractivity contribution >= 4 is 17.4 Å². The van der Waals surface area contributed by atoms with E-state index in [2.05, 4.69) is 15.5 Å². The Balaban J connectivity index is 1.24. The highest BCUT2D eigenvalue weighted by atomic mass is 32.1. The van der Waals surface area contributed by atoms with Gasteiger partial charge in [0.2, 0.25) is 11.7 Å². The lowest BCUT2D eigenvalue weighted by Gasteiger charge is -2.32. The minimum Gasteiger partial charge on any atom is -0.497 e. The molecule has 0 bridgehead atoms. The van der Waals surface area contributed by atoms with E-state index in [4.69, 9.17) is 9.26 Å². The molecule has 4 rings (SSSR count). The SMILES string of the molecule is COc1ccc(CCNC(=O)N2CCC[C@H](Cc3nc(-c4ccsc4)no3)C2)cc1. The van der Waals surface area contributed by atoms with Crippen LogP contribution in [0.15, 0.2) is 45.6 Å². The quantitative estimate of drug-likeness (QED) is 0.617. The Labute approximate surface area is 180 Å². The third-order valence-electron chi connectivity index (χ3n) is 5.37. The van der Waals surface area contributed by atoms with Crippen molar-refractivity contribution in [1.29, 1.82) is 0 Å². The van der Waals surface area contributed by atoms with E-state index in [1.807, 2.05) is 46.0 Å². The van der Waals surface area contributed by atoms with E-state index in [-0.39, 0.29) is 6.03 Å². The van der Waals surface area contributed by atoms with Gasteiger partial charge in [0.05, 0.1) is 7.11 Å². The van der Waals surface area contributed by atoms with Crippen LogP contribution in [-0.2, 0) is 12.8 Å². The van der Waals surface area contributed by atoms with Gasteiger partial charge >= 0.3 is 6.03 Å². The highest BCUT2D eigenvalue weighted by Crippen LogP contribution is 2.23. The predicted octanol–water partition coefficient (Wildman–Crippen LogP) is 4.01. The Bertz CT molecular complexity index is 940. The first-order valence-corrected chi connectivity index (χ1v) is 11.2. The van der Waals surface area contributed by atoms with Gasteiger partial charge in [-0.15, -0.1) is 0 Å². The monoisotopic (exact) mass is 426 g/mol. The Morgan fingerprint density at radius 3 is 2.97 bits per heavy atom. The van der Waals surface area contributed by atoms with Gasteiger partial charge < -0.3 is 19.5 Å². The molecule has 0 spiro atoms. The number of ether oxygens (including phenoxy) is 1. The summed E-state index contributed by atoms with van der Waals surface area (Å²) in [4.78, 5) is 19.0. The normalized spacial score (nSPS) is 16.4. The second kappa shape index (κ2) is 9.75. The van der Waals surface area contributed by atoms with Crippen LogP contribution in [0.25, 0.3) is 11.4 Å². The van der Waals surface area contributed by atoms with Crippen LogP contribution in [0.3, 0.4) is 0 Å². The van der Waals surface area contributed by atoms with Gasteiger partial charge in [0, 0.05) is 37.0 Å². The van der Waals surface area contributed by atoms with E-state index in [1.165, 1.54) is 5.56 Å². The summed E-state index contributed by atoms with van der Waals surface area (Å²) >= 11 is 1.61. The molecule has 1 aromatic carbocycles. The van der Waals surface area contributed by atoms with Gasteiger partial charge in [-0.25, -0.2) is 4.79 Å². The zero-order valence-electron chi connectivity index (χ0n) is 17.0. The summed E-state index contributed by atoms with van der Waals surface area (Å²) in [5.41, 5.74) is 2.15. The van der Waals surface area contributed by atoms with E-state index in [1.54, 1.807) is 18.4 Å². The maximum atomic E-state index is 12.6. The summed E-state index contributed by atoms with van der Waals surface area (Å²) in [5.74, 6) is 2.45. The molecule has 8 heteroatoms. The fourth-order valence-electron chi connectivity index (χ4n) is 3.73. The van der Waals surface area contributed by atoms with E-state index >= 15 is 0 Å². The summed E-state index contributed by atoms with van der Waals surface area (Å²) in [7, 11) is 1.65. The summed E-state index contributed by atoms with van der Waals surface area (Å²) < 4.78 is 10.6. The average Bonchev–Trinajstić information content (AvgIpc) is 3.46. The number of thiophene rings is 1. The van der Waals surface area contributed by atoms with Crippen LogP contribution in [0, 0.1) is 5.92 Å². The lowest BCUT2D eigenvalue weighted by molar-refractivity contribution is 0.162. The lowest BCUT2D eigenvalue weighted by atomic mass is 9.95. The van der Waals surface area contributed by atoms with E-state index < -0.39 is 0 Å². The number of methoxy groups -OCH3 is 1. The fraction of sp³-hybridized carbons (Fsp3) is 0.409. The van der Waals surface area contributed by atoms with Crippen LogP contribution in [0.4, 0.5) is 4.79 Å². The van der Waals surface area contributed by atoms with Gasteiger partial charge in [0.15, 0.2) is 0 Å². The highest BCUT2D eigenvalue weighted by molar-refractivity contribution is 7.08. The minimum absolute atomic E-state index is 0.00213. The van der Waals surface area contributed by atoms with Crippen LogP contribution < -0.4 is 10.1 Å². The number of carbonyl (C=O) groups excluding carboxylic acids is 1. The third-order valence-corrected chi connectivity index (χ3v) is 6.05. The predicted molar refractivity (Wildman–Crippen MR) is 116 cm³/mol. The molecule has 1 saturated heterocycles. The maximum absolute atomic E-state index is 12.6. The van der Waals surface area contributed by atoms with Gasteiger partial charge in [-0.1, -0.05) is 17.3 Å². The van der Waals surface area contributed by atoms with Crippen molar-refractivity contribution in [3.8, 4) is 17.1 Å². The van der Waals surface area contributed by atoms with Gasteiger partial charge in [0.25, 0.3) is 0 Å². The molecule has 30 heavy (non-hydrogen) atoms. The molecule has 3 heterocycles. The van der Waals surface area contributed by atoms with Crippen molar-refractivity contribution in [2.45, 2.75) is 25.7 Å². The molecule has 158 valence electrons. The number of urea groups is 1. The second-order valence-corrected chi connectivity index (χ2v) is 8.29. The molecule has 1 aliphatic rings. The zero-order valence-corrected chi connectivity index (χ0v) is 17.9. The Morgan fingerprint density at radius 1 is 1.33 bits per heavy atom. The number of likely N-dealkylation sites (tertiary alicyclic amines) is 1. The van der Waals surface area contributed by atoms with Crippen molar-refractivity contribution < 1.29 is 14.1 Å². The van der Waals surface area contributed by atoms with Crippen molar-refractivity contribution in [2.75, 3.05) is 26.7 Å². The molecule has 0 unspecified atom stereocenters. The van der Waals surface area contributed by atoms with E-state index in [0.717, 1.165) is 37.1 Å². The molecule has 3 aromatic rings. The minimum atomic E-state index is -0.00213. The van der Waals surface area contributed by atoms with Gasteiger partial charge in [-0.05, 0) is 54.3 Å². The first-order valence-electron chi connectivity index (χ1n) is 10.2. The largest absolute Gasteiger partial charge is 0.497 e. The summed E-state index contributed by atoms with van der Waals surface area (Å²) in [6.45, 7) is 2.11. The molecular formula is C22H26N4O3S. The molecule has 2 aromatic heterocycles. The molecule has 1 aliphatic heterocycles. The fourth-order valence-corrected chi connectivity index (χ4v) is 4.36. The number of piperidine rings is 1. The molecule has 2 amide bonds. The standard InChI is InChI=1S/C22H26N4O3S/c1-28-19-6-4-16(5-7-19)8-10-23-22(27)26-11-2-3-17(14-26)13-20-24-21(25-29-20)18-9-12-30-15-18/h4-7,9,12,15,17H,2-3,8,10-11,13-14H2,1H3,(H,23,27)/t17-/m1/s1. The first-order chi connectivity index (χ1) is 14.7. The number of nitrogens with one attached hydrogen (secondary N) is 1. The van der Waals surface area contributed by atoms with Crippen molar-refractivity contribution in [3.05, 3.63) is 52.5 Å². The summed E-state index contributed by atoms with van der Waals surface area (Å²) in [6, 6.07) is 9.91. The number of carbonyl (C=O) groups is 1. The first kappa shape index (κ1) is 20.4. The molecule has 1 fully saturated rings. The zero-order chi connectivity index (χ0) is 20.8. The topological polar surface area (TPSA) is 80.5 Å². The van der Waals surface area contributed by atoms with Gasteiger partial charge in [0.1, 0.15) is 5.75 Å². The summed E-state index contributed by atoms with van der Waals surface area (Å²) in [5, 5.41) is 11.1. The molecule has 0 aliphatic carbocycles. The number of amides is 2. The third kappa shape index (κ3) is 5.18. The number of nitrogens with zero attached hydrogens (tertiary/aromatic N) is 3. The highest BCUT2D eigenvalue weighted by Gasteiger charge is 2.25. The van der Waals surface area contributed by atoms with Gasteiger partial charge in [-0.2, -0.15) is 16.3 Å². The van der Waals surface area contributed by atoms with E-state index in [9.17, 15) is 4.79 Å². The number of benzene rings is 1. The number of hydrogen-bond acceptors (Lipinski definition) is 6. The van der Waals surface area contributed by atoms with Crippen LogP contribution in [0.1, 0.15) is 24.3 Å². The van der Waals surface area contributed by atoms with Crippen LogP contribution in [-0.4, -0.2) is 47.8 Å². The smallest absolute Gasteiger partial charge is 0.317 e. The lowest BCUT2D eigenvalue weighted by Crippen LogP contribution is -2.46. The Morgan fingerprint density at radius 2 is 2.20 bits per heavy atom. The molecule has 1 N–H and O–H groups in total. The van der Waals surface area contributed by atoms with Crippen molar-refractivity contribution in [2.24, 2.45) is 5.92 Å². The number of hydrogen-bond donors (Lipinski definition) is 1. The number of aromatic nitrogens is 2. The molecule has 0 radical (unpaired) electrons. The number of rotatable bonds is 7. The van der Waals surface area contributed by atoms with Crippen LogP contribution in [0.2, 0.25) is 0 Å².